The van der Waals surface area contributed by atoms with Crippen LogP contribution >= 0.6 is 0 Å². The van der Waals surface area contributed by atoms with E-state index in [4.69, 9.17) is 4.42 Å². The lowest BCUT2D eigenvalue weighted by Crippen LogP contribution is -2.43. The second-order valence-corrected chi connectivity index (χ2v) is 3.43. The van der Waals surface area contributed by atoms with Crippen molar-refractivity contribution < 1.29 is 9.21 Å². The Hall–Kier alpha value is -1.29. The number of hydrogen-bond acceptors (Lipinski definition) is 4. The molecule has 0 unspecified atom stereocenters. The fourth-order valence-electron chi connectivity index (χ4n) is 1.72. The topological polar surface area (TPSA) is 45.5 Å². The minimum Gasteiger partial charge on any atom is -0.459 e. The highest BCUT2D eigenvalue weighted by atomic mass is 16.3. The summed E-state index contributed by atoms with van der Waals surface area (Å²) in [6.45, 7) is 5.31. The van der Waals surface area contributed by atoms with Gasteiger partial charge in [-0.15, -0.1) is 0 Å². The molecule has 4 heteroatoms. The number of ketones is 1. The standard InChI is InChI=1S/C10H14N2O2/c1-8(13)10-9(2-7-14-10)12-5-3-11-4-6-12/h2,7,11H,3-6H2,1H3. The van der Waals surface area contributed by atoms with Gasteiger partial charge in [0.05, 0.1) is 12.0 Å². The molecule has 76 valence electrons. The van der Waals surface area contributed by atoms with E-state index in [1.165, 1.54) is 6.92 Å². The van der Waals surface area contributed by atoms with Gasteiger partial charge in [0.1, 0.15) is 0 Å². The molecule has 2 rings (SSSR count). The molecule has 0 bridgehead atoms. The Bertz CT molecular complexity index is 327. The summed E-state index contributed by atoms with van der Waals surface area (Å²) in [4.78, 5) is 13.4. The Morgan fingerprint density at radius 1 is 1.50 bits per heavy atom. The van der Waals surface area contributed by atoms with Crippen LogP contribution in [0.25, 0.3) is 0 Å². The minimum absolute atomic E-state index is 0.0106. The Morgan fingerprint density at radius 3 is 2.86 bits per heavy atom. The summed E-state index contributed by atoms with van der Waals surface area (Å²) in [6.07, 6.45) is 1.58. The van der Waals surface area contributed by atoms with E-state index in [1.54, 1.807) is 6.26 Å². The molecule has 2 heterocycles. The van der Waals surface area contributed by atoms with Crippen molar-refractivity contribution in [3.63, 3.8) is 0 Å². The van der Waals surface area contributed by atoms with Gasteiger partial charge in [0, 0.05) is 39.2 Å². The molecule has 0 radical (unpaired) electrons. The van der Waals surface area contributed by atoms with E-state index in [0.717, 1.165) is 31.9 Å². The van der Waals surface area contributed by atoms with Gasteiger partial charge in [0.25, 0.3) is 0 Å². The molecule has 1 aromatic heterocycles. The third-order valence-corrected chi connectivity index (χ3v) is 2.42. The Kier molecular flexibility index (Phi) is 2.54. The fourth-order valence-corrected chi connectivity index (χ4v) is 1.72. The van der Waals surface area contributed by atoms with E-state index in [2.05, 4.69) is 10.2 Å². The lowest BCUT2D eigenvalue weighted by molar-refractivity contribution is 0.0988. The first-order chi connectivity index (χ1) is 6.79. The summed E-state index contributed by atoms with van der Waals surface area (Å²) < 4.78 is 5.17. The molecule has 0 aromatic carbocycles. The van der Waals surface area contributed by atoms with Gasteiger partial charge < -0.3 is 14.6 Å². The number of nitrogens with one attached hydrogen (secondary N) is 1. The number of rotatable bonds is 2. The second-order valence-electron chi connectivity index (χ2n) is 3.43. The van der Waals surface area contributed by atoms with Crippen molar-refractivity contribution >= 4 is 11.5 Å². The second kappa shape index (κ2) is 3.84. The molecule has 0 amide bonds. The highest BCUT2D eigenvalue weighted by Gasteiger charge is 2.18. The molecule has 1 saturated heterocycles. The molecule has 1 N–H and O–H groups in total. The van der Waals surface area contributed by atoms with Gasteiger partial charge in [-0.2, -0.15) is 0 Å². The average Bonchev–Trinajstić information content (AvgIpc) is 2.67. The lowest BCUT2D eigenvalue weighted by atomic mass is 10.2. The average molecular weight is 194 g/mol. The number of piperazine rings is 1. The summed E-state index contributed by atoms with van der Waals surface area (Å²) in [5, 5.41) is 3.27. The normalized spacial score (nSPS) is 17.1. The van der Waals surface area contributed by atoms with Crippen molar-refractivity contribution in [3.8, 4) is 0 Å². The molecule has 1 aliphatic rings. The quantitative estimate of drug-likeness (QED) is 0.710. The zero-order chi connectivity index (χ0) is 9.97. The third kappa shape index (κ3) is 1.65. The van der Waals surface area contributed by atoms with E-state index in [-0.39, 0.29) is 5.78 Å². The van der Waals surface area contributed by atoms with Crippen molar-refractivity contribution in [1.82, 2.24) is 5.32 Å². The van der Waals surface area contributed by atoms with Crippen LogP contribution in [0, 0.1) is 0 Å². The zero-order valence-corrected chi connectivity index (χ0v) is 8.25. The van der Waals surface area contributed by atoms with Gasteiger partial charge in [-0.25, -0.2) is 0 Å². The van der Waals surface area contributed by atoms with Crippen LogP contribution in [0.5, 0.6) is 0 Å². The summed E-state index contributed by atoms with van der Waals surface area (Å²) >= 11 is 0. The van der Waals surface area contributed by atoms with Gasteiger partial charge in [0.2, 0.25) is 0 Å². The number of carbonyl (C=O) groups is 1. The number of anilines is 1. The molecule has 0 saturated carbocycles. The van der Waals surface area contributed by atoms with Crippen molar-refractivity contribution in [2.45, 2.75) is 6.92 Å². The molecule has 14 heavy (non-hydrogen) atoms. The maximum atomic E-state index is 11.2. The lowest BCUT2D eigenvalue weighted by Gasteiger charge is -2.28. The van der Waals surface area contributed by atoms with Gasteiger partial charge in [-0.05, 0) is 0 Å². The van der Waals surface area contributed by atoms with Gasteiger partial charge in [0.15, 0.2) is 11.5 Å². The highest BCUT2D eigenvalue weighted by molar-refractivity contribution is 5.96. The molecule has 0 atom stereocenters. The molecule has 0 aliphatic carbocycles. The van der Waals surface area contributed by atoms with Crippen molar-refractivity contribution in [2.24, 2.45) is 0 Å². The molecule has 1 aromatic rings. The van der Waals surface area contributed by atoms with E-state index in [9.17, 15) is 4.79 Å². The van der Waals surface area contributed by atoms with Crippen LogP contribution < -0.4 is 10.2 Å². The van der Waals surface area contributed by atoms with Crippen LogP contribution in [0.4, 0.5) is 5.69 Å². The molecule has 1 aliphatic heterocycles. The number of nitrogens with zero attached hydrogens (tertiary/aromatic N) is 1. The first-order valence-corrected chi connectivity index (χ1v) is 4.83. The summed E-state index contributed by atoms with van der Waals surface area (Å²) in [6, 6.07) is 1.86. The molecular formula is C10H14N2O2. The largest absolute Gasteiger partial charge is 0.459 e. The summed E-state index contributed by atoms with van der Waals surface area (Å²) in [5.74, 6) is 0.468. The zero-order valence-electron chi connectivity index (χ0n) is 8.25. The first-order valence-electron chi connectivity index (χ1n) is 4.83. The van der Waals surface area contributed by atoms with E-state index < -0.39 is 0 Å². The Balaban J connectivity index is 2.21. The number of carbonyl (C=O) groups excluding carboxylic acids is 1. The SMILES string of the molecule is CC(=O)c1occc1N1CCNCC1. The predicted octanol–water partition coefficient (Wildman–Crippen LogP) is 0.892. The van der Waals surface area contributed by atoms with Crippen LogP contribution in [-0.4, -0.2) is 32.0 Å². The van der Waals surface area contributed by atoms with Crippen molar-refractivity contribution in [1.29, 1.82) is 0 Å². The van der Waals surface area contributed by atoms with Crippen molar-refractivity contribution in [2.75, 3.05) is 31.1 Å². The Morgan fingerprint density at radius 2 is 2.21 bits per heavy atom. The van der Waals surface area contributed by atoms with E-state index in [0.29, 0.717) is 5.76 Å². The molecule has 1 fully saturated rings. The maximum Gasteiger partial charge on any atom is 0.197 e. The van der Waals surface area contributed by atoms with Gasteiger partial charge >= 0.3 is 0 Å². The van der Waals surface area contributed by atoms with Crippen LogP contribution in [0.3, 0.4) is 0 Å². The number of furan rings is 1. The van der Waals surface area contributed by atoms with Crippen molar-refractivity contribution in [3.05, 3.63) is 18.1 Å². The number of hydrogen-bond donors (Lipinski definition) is 1. The predicted molar refractivity (Wildman–Crippen MR) is 53.8 cm³/mol. The van der Waals surface area contributed by atoms with Gasteiger partial charge in [-0.3, -0.25) is 4.79 Å². The van der Waals surface area contributed by atoms with E-state index in [1.807, 2.05) is 6.07 Å². The third-order valence-electron chi connectivity index (χ3n) is 2.42. The fraction of sp³-hybridized carbons (Fsp3) is 0.500. The smallest absolute Gasteiger partial charge is 0.197 e. The van der Waals surface area contributed by atoms with Crippen LogP contribution in [0.15, 0.2) is 16.7 Å². The number of Topliss-reactive ketones (excluding diaryl/α,β-unsaturated/α-hetero) is 1. The minimum atomic E-state index is -0.0106. The first kappa shape index (κ1) is 9.27. The maximum absolute atomic E-state index is 11.2. The molecule has 0 spiro atoms. The summed E-state index contributed by atoms with van der Waals surface area (Å²) in [7, 11) is 0. The summed E-state index contributed by atoms with van der Waals surface area (Å²) in [5.41, 5.74) is 0.930. The van der Waals surface area contributed by atoms with Gasteiger partial charge in [-0.1, -0.05) is 0 Å². The molecule has 4 nitrogen and oxygen atoms in total. The van der Waals surface area contributed by atoms with Crippen LogP contribution in [0.1, 0.15) is 17.5 Å². The Labute approximate surface area is 82.9 Å². The van der Waals surface area contributed by atoms with Crippen LogP contribution in [0.2, 0.25) is 0 Å². The monoisotopic (exact) mass is 194 g/mol. The highest BCUT2D eigenvalue weighted by Crippen LogP contribution is 2.22. The van der Waals surface area contributed by atoms with Crippen LogP contribution in [-0.2, 0) is 0 Å². The molecular weight excluding hydrogens is 180 g/mol. The van der Waals surface area contributed by atoms with E-state index >= 15 is 0 Å².